The zero-order chi connectivity index (χ0) is 14.0. The first-order valence-corrected chi connectivity index (χ1v) is 9.09. The van der Waals surface area contributed by atoms with Gasteiger partial charge in [0.15, 0.2) is 0 Å². The average Bonchev–Trinajstić information content (AvgIpc) is 2.35. The maximum Gasteiger partial charge on any atom is 0.120 e. The molecule has 0 aliphatic carbocycles. The van der Waals surface area contributed by atoms with Crippen LogP contribution in [0.2, 0.25) is 0 Å². The number of rotatable bonds is 3. The molecule has 0 aliphatic heterocycles. The van der Waals surface area contributed by atoms with Gasteiger partial charge in [-0.05, 0) is 49.2 Å². The van der Waals surface area contributed by atoms with Crippen LogP contribution in [0.15, 0.2) is 36.4 Å². The van der Waals surface area contributed by atoms with E-state index in [9.17, 15) is 0 Å². The minimum atomic E-state index is -0.151. The molecule has 2 aromatic carbocycles. The smallest absolute Gasteiger partial charge is 0.120 e. The zero-order valence-electron chi connectivity index (χ0n) is 11.4. The molecule has 1 unspecified atom stereocenters. The van der Waals surface area contributed by atoms with Crippen LogP contribution >= 0.6 is 45.2 Å². The highest BCUT2D eigenvalue weighted by Crippen LogP contribution is 2.30. The lowest BCUT2D eigenvalue weighted by Crippen LogP contribution is -2.22. The minimum Gasteiger partial charge on any atom is -0.488 e. The van der Waals surface area contributed by atoms with Gasteiger partial charge in [0.25, 0.3) is 0 Å². The van der Waals surface area contributed by atoms with Crippen molar-refractivity contribution in [3.8, 4) is 5.75 Å². The summed E-state index contributed by atoms with van der Waals surface area (Å²) < 4.78 is 7.62. The molecular weight excluding hydrogens is 462 g/mol. The average molecular weight is 480 g/mol. The maximum atomic E-state index is 5.91. The van der Waals surface area contributed by atoms with Crippen LogP contribution in [-0.4, -0.2) is 10.0 Å². The molecule has 0 fully saturated rings. The van der Waals surface area contributed by atoms with E-state index in [4.69, 9.17) is 4.74 Å². The van der Waals surface area contributed by atoms with E-state index >= 15 is 0 Å². The lowest BCUT2D eigenvalue weighted by atomic mass is 10.1. The van der Waals surface area contributed by atoms with Crippen LogP contribution in [0.1, 0.15) is 30.3 Å². The third-order valence-electron chi connectivity index (χ3n) is 2.76. The normalized spacial score (nSPS) is 13.5. The van der Waals surface area contributed by atoms with E-state index in [1.54, 1.807) is 0 Å². The third-order valence-corrected chi connectivity index (χ3v) is 6.48. The number of hydrogen-bond donors (Lipinski definition) is 0. The van der Waals surface area contributed by atoms with Gasteiger partial charge in [-0.25, -0.2) is 0 Å². The van der Waals surface area contributed by atoms with Gasteiger partial charge in [0.05, 0.1) is 0 Å². The van der Waals surface area contributed by atoms with Gasteiger partial charge in [-0.2, -0.15) is 0 Å². The van der Waals surface area contributed by atoms with E-state index in [-0.39, 0.29) is 5.60 Å². The molecule has 0 saturated carbocycles. The molecule has 102 valence electrons. The monoisotopic (exact) mass is 480 g/mol. The Bertz CT molecular complexity index is 572. The van der Waals surface area contributed by atoms with Crippen LogP contribution < -0.4 is 4.74 Å². The first-order valence-electron chi connectivity index (χ1n) is 6.32. The summed E-state index contributed by atoms with van der Waals surface area (Å²) in [5, 5.41) is 2.52. The summed E-state index contributed by atoms with van der Waals surface area (Å²) in [6.45, 7) is 6.21. The first-order chi connectivity index (χ1) is 8.89. The van der Waals surface area contributed by atoms with E-state index in [0.717, 1.165) is 10.2 Å². The Morgan fingerprint density at radius 3 is 2.32 bits per heavy atom. The molecule has 2 aromatic rings. The molecule has 0 aromatic heterocycles. The van der Waals surface area contributed by atoms with Crippen molar-refractivity contribution in [1.82, 2.24) is 0 Å². The summed E-state index contributed by atoms with van der Waals surface area (Å²) in [6.07, 6.45) is 0. The predicted molar refractivity (Wildman–Crippen MR) is 100.0 cm³/mol. The van der Waals surface area contributed by atoms with Crippen molar-refractivity contribution in [3.05, 3.63) is 42.0 Å². The van der Waals surface area contributed by atoms with Gasteiger partial charge < -0.3 is 4.74 Å². The maximum absolute atomic E-state index is 5.91. The Morgan fingerprint density at radius 2 is 1.68 bits per heavy atom. The molecule has 3 heteroatoms. The summed E-state index contributed by atoms with van der Waals surface area (Å²) in [5.41, 5.74) is 1.24. The summed E-state index contributed by atoms with van der Waals surface area (Å²) in [7, 11) is 0. The topological polar surface area (TPSA) is 9.23 Å². The van der Waals surface area contributed by atoms with Crippen molar-refractivity contribution in [1.29, 1.82) is 0 Å². The van der Waals surface area contributed by atoms with E-state index in [1.165, 1.54) is 16.3 Å². The van der Waals surface area contributed by atoms with E-state index < -0.39 is 0 Å². The molecule has 19 heavy (non-hydrogen) atoms. The summed E-state index contributed by atoms with van der Waals surface area (Å²) in [4.78, 5) is 0. The molecule has 0 heterocycles. The summed E-state index contributed by atoms with van der Waals surface area (Å²) in [5.74, 6) is 0.938. The second-order valence-corrected chi connectivity index (χ2v) is 7.99. The Kier molecular flexibility index (Phi) is 4.98. The predicted octanol–water partition coefficient (Wildman–Crippen LogP) is 5.93. The second kappa shape index (κ2) is 6.16. The Hall–Kier alpha value is -0.0400. The molecule has 1 atom stereocenters. The van der Waals surface area contributed by atoms with Gasteiger partial charge in [-0.15, -0.1) is 0 Å². The van der Waals surface area contributed by atoms with Gasteiger partial charge in [-0.1, -0.05) is 69.4 Å². The van der Waals surface area contributed by atoms with Crippen molar-refractivity contribution in [2.45, 2.75) is 30.3 Å². The van der Waals surface area contributed by atoms with Gasteiger partial charge >= 0.3 is 0 Å². The highest BCUT2D eigenvalue weighted by atomic mass is 127. The number of alkyl halides is 2. The fourth-order valence-corrected chi connectivity index (χ4v) is 2.84. The zero-order valence-corrected chi connectivity index (χ0v) is 15.7. The van der Waals surface area contributed by atoms with E-state index in [0.29, 0.717) is 3.92 Å². The van der Waals surface area contributed by atoms with E-state index in [2.05, 4.69) is 102 Å². The molecule has 0 N–H and O–H groups in total. The number of fused-ring (bicyclic) bond motifs is 1. The Morgan fingerprint density at radius 1 is 1.05 bits per heavy atom. The fourth-order valence-electron chi connectivity index (χ4n) is 1.94. The molecule has 0 saturated heterocycles. The van der Waals surface area contributed by atoms with Gasteiger partial charge in [0.1, 0.15) is 11.4 Å². The molecule has 0 radical (unpaired) electrons. The third kappa shape index (κ3) is 4.21. The highest BCUT2D eigenvalue weighted by molar-refractivity contribution is 14.1. The van der Waals surface area contributed by atoms with Crippen molar-refractivity contribution in [3.63, 3.8) is 0 Å². The molecule has 0 amide bonds. The lowest BCUT2D eigenvalue weighted by Gasteiger charge is -2.21. The number of halogens is 2. The van der Waals surface area contributed by atoms with Gasteiger partial charge in [0, 0.05) is 8.35 Å². The van der Waals surface area contributed by atoms with Crippen LogP contribution in [0.3, 0.4) is 0 Å². The van der Waals surface area contributed by atoms with Gasteiger partial charge in [0.2, 0.25) is 0 Å². The highest BCUT2D eigenvalue weighted by Gasteiger charge is 2.12. The molecule has 0 aliphatic rings. The van der Waals surface area contributed by atoms with Gasteiger partial charge in [-0.3, -0.25) is 0 Å². The largest absolute Gasteiger partial charge is 0.488 e. The van der Waals surface area contributed by atoms with E-state index in [1.807, 2.05) is 0 Å². The van der Waals surface area contributed by atoms with Crippen molar-refractivity contribution in [2.24, 2.45) is 0 Å². The number of ether oxygens (including phenoxy) is 1. The van der Waals surface area contributed by atoms with Crippen LogP contribution in [0.25, 0.3) is 10.8 Å². The number of hydrogen-bond acceptors (Lipinski definition) is 1. The quantitative estimate of drug-likeness (QED) is 0.391. The fraction of sp³-hybridized carbons (Fsp3) is 0.375. The van der Waals surface area contributed by atoms with Crippen LogP contribution in [0.5, 0.6) is 5.75 Å². The Labute approximate surface area is 142 Å². The lowest BCUT2D eigenvalue weighted by molar-refractivity contribution is 0.131. The van der Waals surface area contributed by atoms with Crippen molar-refractivity contribution in [2.75, 3.05) is 4.43 Å². The van der Waals surface area contributed by atoms with Crippen molar-refractivity contribution < 1.29 is 4.74 Å². The molecule has 0 bridgehead atoms. The molecule has 2 rings (SSSR count). The first kappa shape index (κ1) is 15.4. The van der Waals surface area contributed by atoms with Crippen LogP contribution in [0.4, 0.5) is 0 Å². The second-order valence-electron chi connectivity index (χ2n) is 5.60. The van der Waals surface area contributed by atoms with Crippen molar-refractivity contribution >= 4 is 56.0 Å². The Balaban J connectivity index is 2.35. The SMILES string of the molecule is CC(C)(C)Oc1ccc2cc(C(I)CI)ccc2c1. The van der Waals surface area contributed by atoms with Crippen LogP contribution in [-0.2, 0) is 0 Å². The standard InChI is InChI=1S/C16H18I2O/c1-16(2,3)19-14-7-6-11-8-13(15(18)10-17)5-4-12(11)9-14/h4-9,15H,10H2,1-3H3. The molecule has 1 nitrogen and oxygen atoms in total. The minimum absolute atomic E-state index is 0.151. The summed E-state index contributed by atoms with van der Waals surface area (Å²) in [6, 6.07) is 13.0. The summed E-state index contributed by atoms with van der Waals surface area (Å²) >= 11 is 4.93. The molecular formula is C16H18I2O. The van der Waals surface area contributed by atoms with Crippen LogP contribution in [0, 0.1) is 0 Å². The molecule has 0 spiro atoms. The number of benzene rings is 2.